The minimum Gasteiger partial charge on any atom is -0.383 e. The fourth-order valence-corrected chi connectivity index (χ4v) is 1.85. The Kier molecular flexibility index (Phi) is 6.10. The van der Waals surface area contributed by atoms with Crippen LogP contribution in [0.3, 0.4) is 0 Å². The topological polar surface area (TPSA) is 105 Å². The first-order valence-electron chi connectivity index (χ1n) is 6.43. The Morgan fingerprint density at radius 3 is 2.70 bits per heavy atom. The Labute approximate surface area is 116 Å². The maximum absolute atomic E-state index is 12.0. The average Bonchev–Trinajstić information content (AvgIpc) is 2.40. The number of hydrogen-bond acceptors (Lipinski definition) is 5. The molecular weight excluding hydrogens is 266 g/mol. The summed E-state index contributed by atoms with van der Waals surface area (Å²) >= 11 is 0. The molecule has 1 heterocycles. The van der Waals surface area contributed by atoms with Gasteiger partial charge in [-0.05, 0) is 6.42 Å². The SMILES string of the molecule is CCCC1C(=O)NC(=O)N(CC(=O)NCCOC)C1=O. The van der Waals surface area contributed by atoms with E-state index in [0.717, 1.165) is 4.90 Å². The van der Waals surface area contributed by atoms with Crippen molar-refractivity contribution in [2.75, 3.05) is 26.8 Å². The summed E-state index contributed by atoms with van der Waals surface area (Å²) in [6, 6.07) is -0.853. The van der Waals surface area contributed by atoms with Crippen LogP contribution in [-0.2, 0) is 19.1 Å². The third kappa shape index (κ3) is 4.02. The van der Waals surface area contributed by atoms with Gasteiger partial charge in [0.2, 0.25) is 17.7 Å². The minimum absolute atomic E-state index is 0.288. The average molecular weight is 285 g/mol. The van der Waals surface area contributed by atoms with Gasteiger partial charge in [0.15, 0.2) is 0 Å². The fraction of sp³-hybridized carbons (Fsp3) is 0.667. The van der Waals surface area contributed by atoms with Gasteiger partial charge in [0.1, 0.15) is 12.5 Å². The van der Waals surface area contributed by atoms with Crippen molar-refractivity contribution in [1.82, 2.24) is 15.5 Å². The van der Waals surface area contributed by atoms with Crippen LogP contribution in [0, 0.1) is 5.92 Å². The van der Waals surface area contributed by atoms with Gasteiger partial charge in [0.05, 0.1) is 6.61 Å². The lowest BCUT2D eigenvalue weighted by Crippen LogP contribution is -2.59. The summed E-state index contributed by atoms with van der Waals surface area (Å²) in [5.74, 6) is -2.60. The minimum atomic E-state index is -0.899. The van der Waals surface area contributed by atoms with E-state index in [2.05, 4.69) is 10.6 Å². The lowest BCUT2D eigenvalue weighted by atomic mass is 9.99. The highest BCUT2D eigenvalue weighted by molar-refractivity contribution is 6.17. The summed E-state index contributed by atoms with van der Waals surface area (Å²) in [6.07, 6.45) is 0.978. The summed E-state index contributed by atoms with van der Waals surface area (Å²) in [5, 5.41) is 4.60. The van der Waals surface area contributed by atoms with E-state index in [0.29, 0.717) is 19.4 Å². The molecule has 0 aliphatic carbocycles. The third-order valence-electron chi connectivity index (χ3n) is 2.86. The molecule has 1 rings (SSSR count). The molecule has 0 aromatic heterocycles. The van der Waals surface area contributed by atoms with E-state index in [1.165, 1.54) is 7.11 Å². The number of hydrogen-bond donors (Lipinski definition) is 2. The van der Waals surface area contributed by atoms with Crippen molar-refractivity contribution in [3.05, 3.63) is 0 Å². The van der Waals surface area contributed by atoms with Crippen molar-refractivity contribution in [3.8, 4) is 0 Å². The normalized spacial score (nSPS) is 19.0. The standard InChI is InChI=1S/C12H19N3O5/c1-3-4-8-10(17)14-12(19)15(11(8)18)7-9(16)13-5-6-20-2/h8H,3-7H2,1-2H3,(H,13,16)(H,14,17,19). The monoisotopic (exact) mass is 285 g/mol. The Bertz CT molecular complexity index is 410. The zero-order chi connectivity index (χ0) is 15.1. The van der Waals surface area contributed by atoms with Gasteiger partial charge in [-0.1, -0.05) is 13.3 Å². The summed E-state index contributed by atoms with van der Waals surface area (Å²) < 4.78 is 4.77. The molecule has 8 heteroatoms. The number of nitrogens with zero attached hydrogens (tertiary/aromatic N) is 1. The quantitative estimate of drug-likeness (QED) is 0.473. The number of nitrogens with one attached hydrogen (secondary N) is 2. The van der Waals surface area contributed by atoms with Crippen LogP contribution in [0.4, 0.5) is 4.79 Å². The molecule has 0 aromatic carbocycles. The molecule has 2 N–H and O–H groups in total. The number of urea groups is 1. The Hall–Kier alpha value is -1.96. The number of rotatable bonds is 7. The second kappa shape index (κ2) is 7.59. The van der Waals surface area contributed by atoms with E-state index in [9.17, 15) is 19.2 Å². The molecule has 20 heavy (non-hydrogen) atoms. The highest BCUT2D eigenvalue weighted by Crippen LogP contribution is 2.15. The molecule has 1 aliphatic rings. The van der Waals surface area contributed by atoms with Crippen molar-refractivity contribution >= 4 is 23.8 Å². The first kappa shape index (κ1) is 16.1. The molecule has 0 bridgehead atoms. The van der Waals surface area contributed by atoms with Gasteiger partial charge in [-0.25, -0.2) is 4.79 Å². The molecule has 0 aromatic rings. The van der Waals surface area contributed by atoms with Gasteiger partial charge >= 0.3 is 6.03 Å². The van der Waals surface area contributed by atoms with E-state index in [-0.39, 0.29) is 6.54 Å². The number of carbonyl (C=O) groups is 4. The molecule has 0 saturated carbocycles. The Morgan fingerprint density at radius 2 is 2.10 bits per heavy atom. The van der Waals surface area contributed by atoms with Gasteiger partial charge in [-0.2, -0.15) is 0 Å². The van der Waals surface area contributed by atoms with Gasteiger partial charge in [0, 0.05) is 13.7 Å². The molecule has 1 atom stereocenters. The molecule has 5 amide bonds. The Balaban J connectivity index is 2.63. The zero-order valence-electron chi connectivity index (χ0n) is 11.6. The predicted octanol–water partition coefficient (Wildman–Crippen LogP) is -0.756. The van der Waals surface area contributed by atoms with Crippen molar-refractivity contribution in [2.24, 2.45) is 5.92 Å². The highest BCUT2D eigenvalue weighted by Gasteiger charge is 2.40. The molecule has 1 saturated heterocycles. The number of barbiturate groups is 1. The van der Waals surface area contributed by atoms with Crippen molar-refractivity contribution in [1.29, 1.82) is 0 Å². The smallest absolute Gasteiger partial charge is 0.331 e. The van der Waals surface area contributed by atoms with Crippen LogP contribution in [0.1, 0.15) is 19.8 Å². The lowest BCUT2D eigenvalue weighted by Gasteiger charge is -2.29. The van der Waals surface area contributed by atoms with Gasteiger partial charge in [-0.15, -0.1) is 0 Å². The molecule has 0 spiro atoms. The van der Waals surface area contributed by atoms with E-state index in [1.54, 1.807) is 0 Å². The summed E-state index contributed by atoms with van der Waals surface area (Å²) in [5.41, 5.74) is 0. The second-order valence-electron chi connectivity index (χ2n) is 4.40. The van der Waals surface area contributed by atoms with Gasteiger partial charge in [-0.3, -0.25) is 24.6 Å². The predicted molar refractivity (Wildman–Crippen MR) is 68.5 cm³/mol. The molecule has 1 fully saturated rings. The maximum atomic E-state index is 12.0. The number of ether oxygens (including phenoxy) is 1. The molecule has 1 aliphatic heterocycles. The van der Waals surface area contributed by atoms with E-state index in [1.807, 2.05) is 6.92 Å². The van der Waals surface area contributed by atoms with E-state index in [4.69, 9.17) is 4.74 Å². The van der Waals surface area contributed by atoms with Gasteiger partial charge in [0.25, 0.3) is 0 Å². The Morgan fingerprint density at radius 1 is 1.40 bits per heavy atom. The fourth-order valence-electron chi connectivity index (χ4n) is 1.85. The van der Waals surface area contributed by atoms with Crippen molar-refractivity contribution < 1.29 is 23.9 Å². The van der Waals surface area contributed by atoms with E-state index >= 15 is 0 Å². The first-order chi connectivity index (χ1) is 9.51. The maximum Gasteiger partial charge on any atom is 0.331 e. The summed E-state index contributed by atoms with van der Waals surface area (Å²) in [6.45, 7) is 2.06. The third-order valence-corrected chi connectivity index (χ3v) is 2.86. The van der Waals surface area contributed by atoms with Crippen molar-refractivity contribution in [2.45, 2.75) is 19.8 Å². The van der Waals surface area contributed by atoms with Crippen LogP contribution in [0.25, 0.3) is 0 Å². The molecule has 0 radical (unpaired) electrons. The summed E-state index contributed by atoms with van der Waals surface area (Å²) in [4.78, 5) is 47.6. The number of methoxy groups -OCH3 is 1. The van der Waals surface area contributed by atoms with E-state index < -0.39 is 36.2 Å². The lowest BCUT2D eigenvalue weighted by molar-refractivity contribution is -0.145. The summed E-state index contributed by atoms with van der Waals surface area (Å²) in [7, 11) is 1.49. The van der Waals surface area contributed by atoms with Crippen LogP contribution in [0.2, 0.25) is 0 Å². The van der Waals surface area contributed by atoms with Crippen LogP contribution in [0.15, 0.2) is 0 Å². The largest absolute Gasteiger partial charge is 0.383 e. The second-order valence-corrected chi connectivity index (χ2v) is 4.40. The van der Waals surface area contributed by atoms with Crippen LogP contribution < -0.4 is 10.6 Å². The van der Waals surface area contributed by atoms with Gasteiger partial charge < -0.3 is 10.1 Å². The number of imide groups is 2. The zero-order valence-corrected chi connectivity index (χ0v) is 11.6. The molecule has 112 valence electrons. The van der Waals surface area contributed by atoms with Crippen LogP contribution in [-0.4, -0.2) is 55.5 Å². The molecule has 1 unspecified atom stereocenters. The van der Waals surface area contributed by atoms with Crippen molar-refractivity contribution in [3.63, 3.8) is 0 Å². The molecular formula is C12H19N3O5. The number of carbonyl (C=O) groups excluding carboxylic acids is 4. The highest BCUT2D eigenvalue weighted by atomic mass is 16.5. The van der Waals surface area contributed by atoms with Crippen LogP contribution >= 0.6 is 0 Å². The van der Waals surface area contributed by atoms with Crippen LogP contribution in [0.5, 0.6) is 0 Å². The number of amides is 5. The molecule has 8 nitrogen and oxygen atoms in total. The first-order valence-corrected chi connectivity index (χ1v) is 6.43.